The first-order valence-corrected chi connectivity index (χ1v) is 7.29. The van der Waals surface area contributed by atoms with E-state index in [-0.39, 0.29) is 23.0 Å². The highest BCUT2D eigenvalue weighted by Crippen LogP contribution is 2.20. The lowest BCUT2D eigenvalue weighted by atomic mass is 10.4. The molecule has 0 aliphatic heterocycles. The number of hydrogen-bond donors (Lipinski definition) is 1. The number of nitrogens with zero attached hydrogens (tertiary/aromatic N) is 2. The molecule has 0 saturated heterocycles. The smallest absolute Gasteiger partial charge is 0.325 e. The zero-order valence-electron chi connectivity index (χ0n) is 10.4. The number of hydrogen-bond acceptors (Lipinski definition) is 7. The average Bonchev–Trinajstić information content (AvgIpc) is 2.88. The Morgan fingerprint density at radius 2 is 2.30 bits per heavy atom. The van der Waals surface area contributed by atoms with Crippen LogP contribution >= 0.6 is 23.1 Å². The lowest BCUT2D eigenvalue weighted by molar-refractivity contribution is -0.141. The summed E-state index contributed by atoms with van der Waals surface area (Å²) in [5.41, 5.74) is 0.122. The minimum absolute atomic E-state index is 0.189. The van der Waals surface area contributed by atoms with Crippen molar-refractivity contribution in [3.8, 4) is 0 Å². The molecule has 1 N–H and O–H groups in total. The third-order valence-electron chi connectivity index (χ3n) is 2.37. The second-order valence-electron chi connectivity index (χ2n) is 3.68. The average molecular weight is 314 g/mol. The van der Waals surface area contributed by atoms with Crippen LogP contribution in [0.5, 0.6) is 0 Å². The van der Waals surface area contributed by atoms with Crippen molar-refractivity contribution in [2.75, 3.05) is 12.9 Å². The molecule has 0 amide bonds. The van der Waals surface area contributed by atoms with Gasteiger partial charge in [-0.05, 0) is 11.4 Å². The summed E-state index contributed by atoms with van der Waals surface area (Å²) in [6, 6.07) is 1.68. The Morgan fingerprint density at radius 1 is 1.55 bits per heavy atom. The standard InChI is InChI=1S/C11H10N2O5S2/c1-18-8(16)4-13-10(17)9-6(2-3-19-9)12-11(13)20-5-7(14)15/h2-3H,4-5H2,1H3,(H,14,15). The van der Waals surface area contributed by atoms with Crippen LogP contribution in [-0.2, 0) is 20.9 Å². The predicted molar refractivity (Wildman–Crippen MR) is 74.3 cm³/mol. The van der Waals surface area contributed by atoms with Gasteiger partial charge in [0.1, 0.15) is 11.2 Å². The minimum atomic E-state index is -1.03. The maximum Gasteiger partial charge on any atom is 0.325 e. The molecule has 0 fully saturated rings. The Kier molecular flexibility index (Phi) is 4.40. The van der Waals surface area contributed by atoms with Crippen LogP contribution in [0.3, 0.4) is 0 Å². The maximum absolute atomic E-state index is 12.3. The molecule has 106 valence electrons. The van der Waals surface area contributed by atoms with Crippen LogP contribution in [0.25, 0.3) is 10.2 Å². The highest BCUT2D eigenvalue weighted by molar-refractivity contribution is 7.99. The third kappa shape index (κ3) is 2.99. The van der Waals surface area contributed by atoms with Gasteiger partial charge in [0.2, 0.25) is 0 Å². The monoisotopic (exact) mass is 314 g/mol. The van der Waals surface area contributed by atoms with Gasteiger partial charge in [-0.15, -0.1) is 11.3 Å². The van der Waals surface area contributed by atoms with Crippen LogP contribution in [-0.4, -0.2) is 39.5 Å². The van der Waals surface area contributed by atoms with Crippen LogP contribution < -0.4 is 5.56 Å². The van der Waals surface area contributed by atoms with Crippen molar-refractivity contribution in [2.45, 2.75) is 11.7 Å². The fourth-order valence-corrected chi connectivity index (χ4v) is 2.99. The zero-order valence-corrected chi connectivity index (χ0v) is 12.0. The molecule has 0 aromatic carbocycles. The largest absolute Gasteiger partial charge is 0.481 e. The molecule has 2 rings (SSSR count). The van der Waals surface area contributed by atoms with Gasteiger partial charge in [0.05, 0.1) is 18.4 Å². The third-order valence-corrected chi connectivity index (χ3v) is 4.22. The molecular formula is C11H10N2O5S2. The normalized spacial score (nSPS) is 10.7. The SMILES string of the molecule is COC(=O)Cn1c(SCC(=O)O)nc2ccsc2c1=O. The van der Waals surface area contributed by atoms with Crippen LogP contribution in [0.1, 0.15) is 0 Å². The molecule has 2 aromatic rings. The van der Waals surface area contributed by atoms with Crippen molar-refractivity contribution in [3.05, 3.63) is 21.8 Å². The molecule has 2 heterocycles. The molecule has 0 saturated carbocycles. The number of aliphatic carboxylic acids is 1. The molecule has 0 aliphatic rings. The van der Waals surface area contributed by atoms with Crippen molar-refractivity contribution in [1.29, 1.82) is 0 Å². The van der Waals surface area contributed by atoms with E-state index in [4.69, 9.17) is 5.11 Å². The van der Waals surface area contributed by atoms with Crippen molar-refractivity contribution < 1.29 is 19.4 Å². The van der Waals surface area contributed by atoms with Crippen molar-refractivity contribution in [1.82, 2.24) is 9.55 Å². The van der Waals surface area contributed by atoms with Crippen molar-refractivity contribution in [2.24, 2.45) is 0 Å². The summed E-state index contributed by atoms with van der Waals surface area (Å²) in [6.45, 7) is -0.294. The molecule has 7 nitrogen and oxygen atoms in total. The molecule has 0 unspecified atom stereocenters. The number of carboxylic acid groups (broad SMARTS) is 1. The van der Waals surface area contributed by atoms with Gasteiger partial charge in [-0.25, -0.2) is 4.98 Å². The minimum Gasteiger partial charge on any atom is -0.481 e. The number of carbonyl (C=O) groups excluding carboxylic acids is 1. The van der Waals surface area contributed by atoms with Crippen LogP contribution in [0.2, 0.25) is 0 Å². The summed E-state index contributed by atoms with van der Waals surface area (Å²) in [4.78, 5) is 38.5. The molecule has 9 heteroatoms. The Morgan fingerprint density at radius 3 is 2.95 bits per heavy atom. The molecular weight excluding hydrogens is 304 g/mol. The number of carbonyl (C=O) groups is 2. The fourth-order valence-electron chi connectivity index (χ4n) is 1.49. The lowest BCUT2D eigenvalue weighted by Crippen LogP contribution is -2.27. The van der Waals surface area contributed by atoms with Gasteiger partial charge in [0.25, 0.3) is 5.56 Å². The van der Waals surface area contributed by atoms with E-state index in [1.807, 2.05) is 0 Å². The fraction of sp³-hybridized carbons (Fsp3) is 0.273. The molecule has 0 bridgehead atoms. The van der Waals surface area contributed by atoms with Gasteiger partial charge in [-0.2, -0.15) is 0 Å². The van der Waals surface area contributed by atoms with E-state index in [1.54, 1.807) is 11.4 Å². The molecule has 0 aliphatic carbocycles. The first-order valence-electron chi connectivity index (χ1n) is 5.42. The Labute approximate surface area is 121 Å². The summed E-state index contributed by atoms with van der Waals surface area (Å²) in [5, 5.41) is 10.6. The molecule has 0 spiro atoms. The highest BCUT2D eigenvalue weighted by atomic mass is 32.2. The summed E-state index contributed by atoms with van der Waals surface area (Å²) < 4.78 is 6.10. The number of fused-ring (bicyclic) bond motifs is 1. The van der Waals surface area contributed by atoms with Crippen LogP contribution in [0.4, 0.5) is 0 Å². The van der Waals surface area contributed by atoms with E-state index in [0.29, 0.717) is 10.2 Å². The topological polar surface area (TPSA) is 98.5 Å². The lowest BCUT2D eigenvalue weighted by Gasteiger charge is -2.09. The van der Waals surface area contributed by atoms with Gasteiger partial charge in [0.15, 0.2) is 5.16 Å². The Balaban J connectivity index is 2.50. The Bertz CT molecular complexity index is 721. The van der Waals surface area contributed by atoms with Gasteiger partial charge >= 0.3 is 11.9 Å². The number of aromatic nitrogens is 2. The second-order valence-corrected chi connectivity index (χ2v) is 5.54. The summed E-state index contributed by atoms with van der Waals surface area (Å²) in [5.74, 6) is -1.87. The molecule has 0 radical (unpaired) electrons. The van der Waals surface area contributed by atoms with Gasteiger partial charge in [-0.1, -0.05) is 11.8 Å². The highest BCUT2D eigenvalue weighted by Gasteiger charge is 2.16. The summed E-state index contributed by atoms with van der Waals surface area (Å²) in [6.07, 6.45) is 0. The number of esters is 1. The van der Waals surface area contributed by atoms with E-state index >= 15 is 0 Å². The van der Waals surface area contributed by atoms with Crippen molar-refractivity contribution in [3.63, 3.8) is 0 Å². The van der Waals surface area contributed by atoms with E-state index < -0.39 is 11.9 Å². The van der Waals surface area contributed by atoms with Gasteiger partial charge < -0.3 is 9.84 Å². The van der Waals surface area contributed by atoms with E-state index in [0.717, 1.165) is 16.3 Å². The first kappa shape index (κ1) is 14.5. The summed E-state index contributed by atoms with van der Waals surface area (Å²) >= 11 is 2.11. The number of ether oxygens (including phenoxy) is 1. The molecule has 20 heavy (non-hydrogen) atoms. The van der Waals surface area contributed by atoms with Crippen LogP contribution in [0.15, 0.2) is 21.4 Å². The van der Waals surface area contributed by atoms with Crippen molar-refractivity contribution >= 4 is 45.3 Å². The predicted octanol–water partition coefficient (Wildman–Crippen LogP) is 0.808. The van der Waals surface area contributed by atoms with Crippen LogP contribution in [0, 0.1) is 0 Å². The van der Waals surface area contributed by atoms with Gasteiger partial charge in [0, 0.05) is 0 Å². The number of rotatable bonds is 5. The number of carboxylic acids is 1. The number of thiophene rings is 1. The molecule has 2 aromatic heterocycles. The maximum atomic E-state index is 12.3. The van der Waals surface area contributed by atoms with E-state index in [2.05, 4.69) is 9.72 Å². The quantitative estimate of drug-likeness (QED) is 0.495. The first-order chi connectivity index (χ1) is 9.52. The summed E-state index contributed by atoms with van der Waals surface area (Å²) in [7, 11) is 1.22. The number of methoxy groups -OCH3 is 1. The second kappa shape index (κ2) is 6.06. The Hall–Kier alpha value is -1.87. The molecule has 0 atom stereocenters. The number of thioether (sulfide) groups is 1. The van der Waals surface area contributed by atoms with E-state index in [9.17, 15) is 14.4 Å². The zero-order chi connectivity index (χ0) is 14.7. The van der Waals surface area contributed by atoms with E-state index in [1.165, 1.54) is 18.4 Å². The van der Waals surface area contributed by atoms with Gasteiger partial charge in [-0.3, -0.25) is 19.0 Å².